The molecule has 0 amide bonds. The van der Waals surface area contributed by atoms with Crippen LogP contribution in [0.25, 0.3) is 33.8 Å². The lowest BCUT2D eigenvalue weighted by atomic mass is 9.97. The number of piperidine rings is 2. The van der Waals surface area contributed by atoms with Gasteiger partial charge in [-0.25, -0.2) is 19.0 Å². The number of ether oxygens (including phenoxy) is 4. The van der Waals surface area contributed by atoms with E-state index in [0.29, 0.717) is 57.0 Å². The summed E-state index contributed by atoms with van der Waals surface area (Å²) in [6, 6.07) is 14.5. The van der Waals surface area contributed by atoms with E-state index in [1.165, 1.54) is 93.8 Å². The molecule has 21 heteroatoms. The Morgan fingerprint density at radius 2 is 1.12 bits per heavy atom. The molecule has 8 rings (SSSR count). The van der Waals surface area contributed by atoms with Gasteiger partial charge in [-0.05, 0) is 144 Å². The summed E-state index contributed by atoms with van der Waals surface area (Å²) in [6.07, 6.45) is -1.64. The third-order valence-electron chi connectivity index (χ3n) is 11.3. The van der Waals surface area contributed by atoms with Gasteiger partial charge >= 0.3 is 12.7 Å². The number of anilines is 1. The zero-order valence-electron chi connectivity index (χ0n) is 36.5. The van der Waals surface area contributed by atoms with E-state index in [1.807, 2.05) is 12.1 Å². The Labute approximate surface area is 377 Å². The Hall–Kier alpha value is -5.57. The maximum atomic E-state index is 12.7. The van der Waals surface area contributed by atoms with Gasteiger partial charge in [0, 0.05) is 17.7 Å². The highest BCUT2D eigenvalue weighted by atomic mass is 35.5. The third-order valence-corrected chi connectivity index (χ3v) is 11.5. The molecule has 2 aliphatic heterocycles. The van der Waals surface area contributed by atoms with Crippen molar-refractivity contribution < 1.29 is 45.3 Å². The van der Waals surface area contributed by atoms with Gasteiger partial charge in [-0.3, -0.25) is 0 Å². The first-order valence-corrected chi connectivity index (χ1v) is 21.6. The summed E-state index contributed by atoms with van der Waals surface area (Å²) < 4.78 is 96.9. The van der Waals surface area contributed by atoms with Gasteiger partial charge in [0.15, 0.2) is 11.3 Å². The van der Waals surface area contributed by atoms with Gasteiger partial charge in [0.2, 0.25) is 0 Å². The molecule has 2 fully saturated rings. The van der Waals surface area contributed by atoms with Crippen LogP contribution < -0.4 is 30.0 Å². The van der Waals surface area contributed by atoms with E-state index in [-0.39, 0.29) is 16.7 Å². The number of hydrogen-bond acceptors (Lipinski definition) is 12. The molecule has 3 N–H and O–H groups in total. The van der Waals surface area contributed by atoms with Crippen molar-refractivity contribution >= 4 is 28.7 Å². The lowest BCUT2D eigenvalue weighted by Gasteiger charge is -2.31. The monoisotopic (exact) mass is 934 g/mol. The lowest BCUT2D eigenvalue weighted by Crippen LogP contribution is -2.35. The summed E-state index contributed by atoms with van der Waals surface area (Å²) in [7, 11) is 2.86. The summed E-state index contributed by atoms with van der Waals surface area (Å²) in [4.78, 5) is 13.4. The van der Waals surface area contributed by atoms with Crippen molar-refractivity contribution in [1.82, 2.24) is 39.0 Å². The average Bonchev–Trinajstić information content (AvgIpc) is 3.91. The highest BCUT2D eigenvalue weighted by Crippen LogP contribution is 2.37. The van der Waals surface area contributed by atoms with E-state index in [2.05, 4.69) is 58.6 Å². The maximum Gasteiger partial charge on any atom is 0.573 e. The van der Waals surface area contributed by atoms with Crippen molar-refractivity contribution in [3.63, 3.8) is 0 Å². The van der Waals surface area contributed by atoms with Crippen LogP contribution in [0.1, 0.15) is 39.5 Å². The number of halogens is 7. The fourth-order valence-electron chi connectivity index (χ4n) is 7.65. The zero-order valence-corrected chi connectivity index (χ0v) is 37.3. The number of benzene rings is 2. The molecule has 2 saturated heterocycles. The van der Waals surface area contributed by atoms with Crippen molar-refractivity contribution in [2.75, 3.05) is 71.9 Å². The van der Waals surface area contributed by atoms with E-state index < -0.39 is 12.7 Å². The molecule has 0 spiro atoms. The van der Waals surface area contributed by atoms with E-state index in [4.69, 9.17) is 26.8 Å². The van der Waals surface area contributed by atoms with Crippen molar-refractivity contribution in [2.24, 2.45) is 17.6 Å². The fourth-order valence-corrected chi connectivity index (χ4v) is 7.79. The molecule has 6 heterocycles. The minimum Gasteiger partial charge on any atom is -0.496 e. The van der Waals surface area contributed by atoms with Crippen LogP contribution in [0, 0.1) is 11.8 Å². The van der Waals surface area contributed by atoms with Gasteiger partial charge in [0.25, 0.3) is 0 Å². The Bertz CT molecular complexity index is 2440. The number of imidazole rings is 2. The van der Waals surface area contributed by atoms with Gasteiger partial charge in [-0.15, -0.1) is 31.4 Å². The highest BCUT2D eigenvalue weighted by Gasteiger charge is 2.32. The van der Waals surface area contributed by atoms with Crippen molar-refractivity contribution in [2.45, 2.75) is 52.3 Å². The largest absolute Gasteiger partial charge is 0.573 e. The molecule has 2 aliphatic rings. The Kier molecular flexibility index (Phi) is 16.6. The molecule has 0 saturated carbocycles. The molecule has 6 aromatic rings. The predicted molar refractivity (Wildman–Crippen MR) is 236 cm³/mol. The number of rotatable bonds is 12. The van der Waals surface area contributed by atoms with Crippen molar-refractivity contribution in [3.05, 3.63) is 78.2 Å². The van der Waals surface area contributed by atoms with E-state index in [0.717, 1.165) is 51.5 Å². The first-order valence-electron chi connectivity index (χ1n) is 21.2. The normalized spacial score (nSPS) is 15.5. The molecule has 4 aromatic heterocycles. The van der Waals surface area contributed by atoms with Crippen LogP contribution in [0.4, 0.5) is 32.2 Å². The molecule has 0 atom stereocenters. The van der Waals surface area contributed by atoms with Gasteiger partial charge in [-0.1, -0.05) is 25.4 Å². The quantitative estimate of drug-likeness (QED) is 0.113. The van der Waals surface area contributed by atoms with Gasteiger partial charge in [0.05, 0.1) is 38.0 Å². The maximum absolute atomic E-state index is 12.7. The van der Waals surface area contributed by atoms with Crippen LogP contribution >= 0.6 is 11.6 Å². The average molecular weight is 935 g/mol. The lowest BCUT2D eigenvalue weighted by molar-refractivity contribution is -0.275. The number of nitrogens with one attached hydrogen (secondary N) is 1. The third kappa shape index (κ3) is 13.5. The number of alkyl halides is 6. The molecule has 65 heavy (non-hydrogen) atoms. The second kappa shape index (κ2) is 22.1. The second-order valence-corrected chi connectivity index (χ2v) is 15.8. The summed E-state index contributed by atoms with van der Waals surface area (Å²) in [5.74, 6) is 2.10. The molecular formula is C44H53ClF6N10O4. The smallest absolute Gasteiger partial charge is 0.496 e. The number of fused-ring (bicyclic) bond motifs is 2. The Morgan fingerprint density at radius 3 is 1.57 bits per heavy atom. The van der Waals surface area contributed by atoms with E-state index in [1.54, 1.807) is 22.8 Å². The van der Waals surface area contributed by atoms with Crippen LogP contribution in [-0.2, 0) is 0 Å². The molecule has 2 aromatic carbocycles. The van der Waals surface area contributed by atoms with Crippen LogP contribution in [0.3, 0.4) is 0 Å². The Morgan fingerprint density at radius 1 is 0.662 bits per heavy atom. The summed E-state index contributed by atoms with van der Waals surface area (Å²) in [6.45, 7) is 13.1. The van der Waals surface area contributed by atoms with Gasteiger partial charge in [0.1, 0.15) is 34.0 Å². The minimum atomic E-state index is -4.78. The van der Waals surface area contributed by atoms with E-state index in [9.17, 15) is 26.3 Å². The summed E-state index contributed by atoms with van der Waals surface area (Å²) >= 11 is 5.86. The molecular weight excluding hydrogens is 882 g/mol. The first kappa shape index (κ1) is 48.9. The number of nitrogens with two attached hydrogens (primary N) is 1. The molecule has 0 unspecified atom stereocenters. The van der Waals surface area contributed by atoms with Gasteiger partial charge in [-0.2, -0.15) is 5.10 Å². The fraction of sp³-hybridized carbons (Fsp3) is 0.455. The standard InChI is InChI=1S/C22H26F3N5O2.C14H9ClF3N3O2.C8H18N2/c1-3-29-10-8-15(9-11-29)13-26-20-6-7-21-27-14-18(30(21)28-20)17-12-16(32-22(23,24)25)4-5-19(17)31-2;1-22-11-3-2-8(23-14(16,17)18)6-9(11)10-7-19-13-5-4-12(15)20-21(10)13;1-2-10-5-3-8(7-9)4-6-10/h4-7,12,14-15H,3,8-11,13H2,1-2H3,(H,26,28);2-7H,1H3;8H,2-7,9H2,1H3. The SMILES string of the molecule is CCN1CCC(CN)CC1.CCN1CCC(CNc2ccc3ncc(-c4cc(OC(F)(F)F)ccc4OC)n3n2)CC1.COc1ccc(OC(F)(F)F)cc1-c1cnc2ccc(Cl)nn12. The minimum absolute atomic E-state index is 0.221. The number of hydrogen-bond donors (Lipinski definition) is 2. The number of methoxy groups -OCH3 is 2. The molecule has 0 bridgehead atoms. The second-order valence-electron chi connectivity index (χ2n) is 15.4. The van der Waals surface area contributed by atoms with E-state index >= 15 is 0 Å². The summed E-state index contributed by atoms with van der Waals surface area (Å²) in [5, 5.41) is 12.3. The van der Waals surface area contributed by atoms with Gasteiger partial charge < -0.3 is 39.8 Å². The molecule has 0 radical (unpaired) electrons. The first-order chi connectivity index (χ1) is 31.1. The van der Waals surface area contributed by atoms with Crippen LogP contribution in [0.15, 0.2) is 73.1 Å². The molecule has 14 nitrogen and oxygen atoms in total. The van der Waals surface area contributed by atoms with Crippen molar-refractivity contribution in [1.29, 1.82) is 0 Å². The Balaban J connectivity index is 0.000000184. The molecule has 0 aliphatic carbocycles. The number of aromatic nitrogens is 6. The topological polar surface area (TPSA) is 142 Å². The van der Waals surface area contributed by atoms with Crippen molar-refractivity contribution in [3.8, 4) is 45.5 Å². The highest BCUT2D eigenvalue weighted by molar-refractivity contribution is 6.29. The number of nitrogens with zero attached hydrogens (tertiary/aromatic N) is 8. The van der Waals surface area contributed by atoms with Crippen LogP contribution in [-0.4, -0.2) is 118 Å². The van der Waals surface area contributed by atoms with Crippen LogP contribution in [0.5, 0.6) is 23.0 Å². The van der Waals surface area contributed by atoms with Crippen LogP contribution in [0.2, 0.25) is 5.15 Å². The number of likely N-dealkylation sites (tertiary alicyclic amines) is 2. The zero-order chi connectivity index (χ0) is 46.7. The predicted octanol–water partition coefficient (Wildman–Crippen LogP) is 9.08. The molecule has 352 valence electrons. The summed E-state index contributed by atoms with van der Waals surface area (Å²) in [5.41, 5.74) is 8.31.